The van der Waals surface area contributed by atoms with Gasteiger partial charge in [0.2, 0.25) is 0 Å². The van der Waals surface area contributed by atoms with Gasteiger partial charge < -0.3 is 9.64 Å². The fraction of sp³-hybridized carbons (Fsp3) is 0.500. The minimum atomic E-state index is 1.01. The first-order valence-electron chi connectivity index (χ1n) is 4.91. The van der Waals surface area contributed by atoms with Gasteiger partial charge in [-0.2, -0.15) is 0 Å². The molecule has 0 saturated carbocycles. The summed E-state index contributed by atoms with van der Waals surface area (Å²) < 4.78 is 5.34. The zero-order chi connectivity index (χ0) is 10.6. The fourth-order valence-electron chi connectivity index (χ4n) is 1.40. The highest BCUT2D eigenvalue weighted by atomic mass is 16.5. The molecule has 0 aromatic heterocycles. The number of rotatable bonds is 4. The van der Waals surface area contributed by atoms with Gasteiger partial charge in [-0.25, -0.2) is 0 Å². The van der Waals surface area contributed by atoms with E-state index < -0.39 is 0 Å². The summed E-state index contributed by atoms with van der Waals surface area (Å²) in [6.45, 7) is 3.14. The van der Waals surface area contributed by atoms with Crippen molar-refractivity contribution in [1.29, 1.82) is 0 Å². The van der Waals surface area contributed by atoms with Gasteiger partial charge in [-0.1, -0.05) is 12.1 Å². The van der Waals surface area contributed by atoms with E-state index in [1.807, 2.05) is 0 Å². The third kappa shape index (κ3) is 3.04. The molecular weight excluding hydrogens is 174 g/mol. The summed E-state index contributed by atoms with van der Waals surface area (Å²) in [5.74, 6) is 1.01. The van der Waals surface area contributed by atoms with Gasteiger partial charge in [0.15, 0.2) is 0 Å². The molecule has 0 N–H and O–H groups in total. The van der Waals surface area contributed by atoms with Crippen LogP contribution in [-0.2, 0) is 6.42 Å². The van der Waals surface area contributed by atoms with Crippen LogP contribution in [0.1, 0.15) is 11.1 Å². The van der Waals surface area contributed by atoms with E-state index in [0.29, 0.717) is 0 Å². The minimum Gasteiger partial charge on any atom is -0.496 e. The fourth-order valence-corrected chi connectivity index (χ4v) is 1.40. The van der Waals surface area contributed by atoms with Crippen LogP contribution in [0.25, 0.3) is 0 Å². The molecular formula is C12H19NO. The summed E-state index contributed by atoms with van der Waals surface area (Å²) in [5, 5.41) is 0. The summed E-state index contributed by atoms with van der Waals surface area (Å²) in [7, 11) is 5.90. The first kappa shape index (κ1) is 11.1. The Balaban J connectivity index is 2.75. The Morgan fingerprint density at radius 3 is 2.57 bits per heavy atom. The quantitative estimate of drug-likeness (QED) is 0.726. The second-order valence-electron chi connectivity index (χ2n) is 3.87. The molecule has 0 fully saturated rings. The topological polar surface area (TPSA) is 12.5 Å². The van der Waals surface area contributed by atoms with Crippen LogP contribution >= 0.6 is 0 Å². The lowest BCUT2D eigenvalue weighted by molar-refractivity contribution is 0.392. The van der Waals surface area contributed by atoms with Gasteiger partial charge in [-0.15, -0.1) is 0 Å². The van der Waals surface area contributed by atoms with Crippen LogP contribution in [0.3, 0.4) is 0 Å². The first-order valence-corrected chi connectivity index (χ1v) is 4.91. The number of benzene rings is 1. The maximum atomic E-state index is 5.34. The Morgan fingerprint density at radius 1 is 1.29 bits per heavy atom. The van der Waals surface area contributed by atoms with Crippen LogP contribution in [0.2, 0.25) is 0 Å². The molecule has 0 spiro atoms. The molecule has 0 heterocycles. The van der Waals surface area contributed by atoms with Crippen molar-refractivity contribution in [3.8, 4) is 5.75 Å². The van der Waals surface area contributed by atoms with E-state index in [4.69, 9.17) is 4.74 Å². The molecule has 0 aliphatic carbocycles. The highest BCUT2D eigenvalue weighted by molar-refractivity contribution is 5.37. The van der Waals surface area contributed by atoms with Crippen molar-refractivity contribution in [2.45, 2.75) is 13.3 Å². The van der Waals surface area contributed by atoms with E-state index in [9.17, 15) is 0 Å². The van der Waals surface area contributed by atoms with Crippen LogP contribution in [0, 0.1) is 6.92 Å². The maximum absolute atomic E-state index is 5.34. The minimum absolute atomic E-state index is 1.01. The lowest BCUT2D eigenvalue weighted by Crippen LogP contribution is -2.15. The molecule has 0 aliphatic rings. The zero-order valence-corrected chi connectivity index (χ0v) is 9.50. The van der Waals surface area contributed by atoms with Gasteiger partial charge in [0.25, 0.3) is 0 Å². The largest absolute Gasteiger partial charge is 0.496 e. The molecule has 2 nitrogen and oxygen atoms in total. The van der Waals surface area contributed by atoms with E-state index >= 15 is 0 Å². The molecule has 1 aromatic rings. The zero-order valence-electron chi connectivity index (χ0n) is 9.50. The monoisotopic (exact) mass is 193 g/mol. The molecule has 14 heavy (non-hydrogen) atoms. The molecule has 1 rings (SSSR count). The van der Waals surface area contributed by atoms with Gasteiger partial charge in [-0.3, -0.25) is 0 Å². The standard InChI is InChI=1S/C12H19NO/c1-10-5-6-11(7-8-13(2)3)12(9-10)14-4/h5-6,9H,7-8H2,1-4H3. The van der Waals surface area contributed by atoms with Gasteiger partial charge in [0.1, 0.15) is 5.75 Å². The van der Waals surface area contributed by atoms with Gasteiger partial charge in [0, 0.05) is 6.54 Å². The summed E-state index contributed by atoms with van der Waals surface area (Å²) >= 11 is 0. The number of methoxy groups -OCH3 is 1. The maximum Gasteiger partial charge on any atom is 0.122 e. The predicted octanol–water partition coefficient (Wildman–Crippen LogP) is 2.11. The number of hydrogen-bond acceptors (Lipinski definition) is 2. The normalized spacial score (nSPS) is 10.6. The van der Waals surface area contributed by atoms with Crippen molar-refractivity contribution in [1.82, 2.24) is 4.90 Å². The van der Waals surface area contributed by atoms with E-state index in [2.05, 4.69) is 44.1 Å². The molecule has 0 unspecified atom stereocenters. The van der Waals surface area contributed by atoms with Crippen LogP contribution in [0.4, 0.5) is 0 Å². The van der Waals surface area contributed by atoms with Crippen molar-refractivity contribution in [3.63, 3.8) is 0 Å². The number of ether oxygens (including phenoxy) is 1. The highest BCUT2D eigenvalue weighted by Gasteiger charge is 2.03. The molecule has 0 aliphatic heterocycles. The molecule has 2 heteroatoms. The van der Waals surface area contributed by atoms with Crippen molar-refractivity contribution in [2.75, 3.05) is 27.7 Å². The second kappa shape index (κ2) is 5.01. The Labute approximate surface area is 86.5 Å². The molecule has 0 atom stereocenters. The third-order valence-electron chi connectivity index (χ3n) is 2.27. The van der Waals surface area contributed by atoms with Crippen LogP contribution in [-0.4, -0.2) is 32.6 Å². The average molecular weight is 193 g/mol. The number of hydrogen-bond donors (Lipinski definition) is 0. The lowest BCUT2D eigenvalue weighted by atomic mass is 10.1. The third-order valence-corrected chi connectivity index (χ3v) is 2.27. The van der Waals surface area contributed by atoms with Crippen LogP contribution < -0.4 is 4.74 Å². The molecule has 78 valence electrons. The van der Waals surface area contributed by atoms with Gasteiger partial charge >= 0.3 is 0 Å². The van der Waals surface area contributed by atoms with E-state index in [0.717, 1.165) is 18.7 Å². The summed E-state index contributed by atoms with van der Waals surface area (Å²) in [6.07, 6.45) is 1.04. The van der Waals surface area contributed by atoms with Crippen molar-refractivity contribution in [2.24, 2.45) is 0 Å². The molecule has 0 bridgehead atoms. The molecule has 0 amide bonds. The lowest BCUT2D eigenvalue weighted by Gasteiger charge is -2.12. The summed E-state index contributed by atoms with van der Waals surface area (Å²) in [5.41, 5.74) is 2.53. The Bertz CT molecular complexity index is 294. The SMILES string of the molecule is COc1cc(C)ccc1CCN(C)C. The summed E-state index contributed by atoms with van der Waals surface area (Å²) in [4.78, 5) is 2.18. The second-order valence-corrected chi connectivity index (χ2v) is 3.87. The van der Waals surface area contributed by atoms with E-state index in [1.165, 1.54) is 11.1 Å². The molecule has 0 radical (unpaired) electrons. The summed E-state index contributed by atoms with van der Waals surface area (Å²) in [6, 6.07) is 6.37. The van der Waals surface area contributed by atoms with Crippen molar-refractivity contribution < 1.29 is 4.74 Å². The van der Waals surface area contributed by atoms with E-state index in [1.54, 1.807) is 7.11 Å². The number of nitrogens with zero attached hydrogens (tertiary/aromatic N) is 1. The van der Waals surface area contributed by atoms with Gasteiger partial charge in [-0.05, 0) is 44.6 Å². The molecule has 0 saturated heterocycles. The Morgan fingerprint density at radius 2 is 2.00 bits per heavy atom. The van der Waals surface area contributed by atoms with Crippen LogP contribution in [0.5, 0.6) is 5.75 Å². The van der Waals surface area contributed by atoms with Crippen LogP contribution in [0.15, 0.2) is 18.2 Å². The predicted molar refractivity (Wildman–Crippen MR) is 60.0 cm³/mol. The number of aryl methyl sites for hydroxylation is 1. The van der Waals surface area contributed by atoms with E-state index in [-0.39, 0.29) is 0 Å². The molecule has 1 aromatic carbocycles. The number of likely N-dealkylation sites (N-methyl/N-ethyl adjacent to an activating group) is 1. The van der Waals surface area contributed by atoms with Crippen molar-refractivity contribution in [3.05, 3.63) is 29.3 Å². The first-order chi connectivity index (χ1) is 6.63. The average Bonchev–Trinajstić information content (AvgIpc) is 2.15. The smallest absolute Gasteiger partial charge is 0.122 e. The highest BCUT2D eigenvalue weighted by Crippen LogP contribution is 2.20. The Hall–Kier alpha value is -1.02. The van der Waals surface area contributed by atoms with Gasteiger partial charge in [0.05, 0.1) is 7.11 Å². The Kier molecular flexibility index (Phi) is 3.96. The van der Waals surface area contributed by atoms with Crippen molar-refractivity contribution >= 4 is 0 Å².